The van der Waals surface area contributed by atoms with Crippen molar-refractivity contribution in [2.45, 2.75) is 18.7 Å². The number of carbonyl (C=O) groups is 3. The molecule has 0 saturated carbocycles. The second-order valence-electron chi connectivity index (χ2n) is 7.25. The van der Waals surface area contributed by atoms with Crippen LogP contribution in [0, 0.1) is 36.5 Å². The molecule has 0 unspecified atom stereocenters. The summed E-state index contributed by atoms with van der Waals surface area (Å²) in [6.45, 7) is 2.78. The maximum atomic E-state index is 12.6. The lowest BCUT2D eigenvalue weighted by molar-refractivity contribution is -0.119. The Balaban J connectivity index is 1.57. The molecule has 35 heavy (non-hydrogen) atoms. The Morgan fingerprint density at radius 1 is 1.00 bits per heavy atom. The highest BCUT2D eigenvalue weighted by molar-refractivity contribution is 8.00. The van der Waals surface area contributed by atoms with Crippen LogP contribution in [0.2, 0.25) is 0 Å². The van der Waals surface area contributed by atoms with Crippen LogP contribution in [0.3, 0.4) is 0 Å². The lowest BCUT2D eigenvalue weighted by Crippen LogP contribution is -2.21. The van der Waals surface area contributed by atoms with Gasteiger partial charge >= 0.3 is 5.97 Å². The van der Waals surface area contributed by atoms with E-state index in [-0.39, 0.29) is 28.7 Å². The van der Waals surface area contributed by atoms with E-state index in [1.54, 1.807) is 56.3 Å². The lowest BCUT2D eigenvalue weighted by atomic mass is 10.2. The Hall–Kier alpha value is -4.54. The summed E-state index contributed by atoms with van der Waals surface area (Å²) in [7, 11) is 0. The fraction of sp³-hybridized carbons (Fsp3) is 0.160. The summed E-state index contributed by atoms with van der Waals surface area (Å²) >= 11 is 1.13. The van der Waals surface area contributed by atoms with Gasteiger partial charge in [-0.1, -0.05) is 18.2 Å². The van der Waals surface area contributed by atoms with E-state index in [1.807, 2.05) is 12.1 Å². The highest BCUT2D eigenvalue weighted by Crippen LogP contribution is 2.26. The SMILES string of the molecule is Cc1oc(NC(=O)COC(=O)c2ccccc2SCC(=O)Nc2cccc(C#N)c2)c(C#N)c1C. The number of esters is 1. The first-order valence-corrected chi connectivity index (χ1v) is 11.3. The number of hydrogen-bond acceptors (Lipinski definition) is 8. The van der Waals surface area contributed by atoms with Gasteiger partial charge in [-0.3, -0.25) is 14.9 Å². The topological polar surface area (TPSA) is 145 Å². The number of amides is 2. The van der Waals surface area contributed by atoms with E-state index in [0.29, 0.717) is 27.5 Å². The molecule has 2 amide bonds. The molecule has 2 aromatic carbocycles. The van der Waals surface area contributed by atoms with Gasteiger partial charge in [0, 0.05) is 16.1 Å². The minimum atomic E-state index is -0.738. The van der Waals surface area contributed by atoms with Gasteiger partial charge in [0.1, 0.15) is 17.4 Å². The molecular weight excluding hydrogens is 468 g/mol. The quantitative estimate of drug-likeness (QED) is 0.355. The van der Waals surface area contributed by atoms with E-state index in [4.69, 9.17) is 14.4 Å². The third kappa shape index (κ3) is 6.50. The Morgan fingerprint density at radius 2 is 1.77 bits per heavy atom. The number of nitrogens with one attached hydrogen (secondary N) is 2. The Morgan fingerprint density at radius 3 is 2.51 bits per heavy atom. The Labute approximate surface area is 205 Å². The van der Waals surface area contributed by atoms with E-state index in [2.05, 4.69) is 10.6 Å². The van der Waals surface area contributed by atoms with Crippen LogP contribution < -0.4 is 10.6 Å². The fourth-order valence-corrected chi connectivity index (χ4v) is 3.83. The molecule has 3 aromatic rings. The van der Waals surface area contributed by atoms with Crippen molar-refractivity contribution in [2.75, 3.05) is 23.0 Å². The Bertz CT molecular complexity index is 1370. The van der Waals surface area contributed by atoms with Gasteiger partial charge in [0.05, 0.1) is 22.9 Å². The molecule has 0 aliphatic carbocycles. The van der Waals surface area contributed by atoms with Gasteiger partial charge in [-0.15, -0.1) is 11.8 Å². The highest BCUT2D eigenvalue weighted by atomic mass is 32.2. The van der Waals surface area contributed by atoms with Crippen molar-refractivity contribution in [1.29, 1.82) is 10.5 Å². The lowest BCUT2D eigenvalue weighted by Gasteiger charge is -2.10. The standard InChI is InChI=1S/C25H20N4O5S/c1-15-16(2)34-24(20(15)12-27)29-22(30)13-33-25(32)19-8-3-4-9-21(19)35-14-23(31)28-18-7-5-6-17(10-18)11-26/h3-10H,13-14H2,1-2H3,(H,28,31)(H,29,30). The third-order valence-corrected chi connectivity index (χ3v) is 5.90. The first kappa shape index (κ1) is 25.1. The normalized spacial score (nSPS) is 10.1. The maximum Gasteiger partial charge on any atom is 0.339 e. The summed E-state index contributed by atoms with van der Waals surface area (Å²) < 4.78 is 10.5. The number of benzene rings is 2. The summed E-state index contributed by atoms with van der Waals surface area (Å²) in [5.41, 5.74) is 1.95. The predicted octanol–water partition coefficient (Wildman–Crippen LogP) is 4.17. The van der Waals surface area contributed by atoms with Crippen LogP contribution in [0.4, 0.5) is 11.6 Å². The van der Waals surface area contributed by atoms with Gasteiger partial charge in [-0.2, -0.15) is 10.5 Å². The molecule has 0 atom stereocenters. The Kier molecular flexibility index (Phi) is 8.28. The fourth-order valence-electron chi connectivity index (χ4n) is 2.99. The van der Waals surface area contributed by atoms with Crippen molar-refractivity contribution in [2.24, 2.45) is 0 Å². The molecule has 10 heteroatoms. The first-order valence-electron chi connectivity index (χ1n) is 10.3. The number of nitriles is 2. The van der Waals surface area contributed by atoms with Crippen molar-refractivity contribution < 1.29 is 23.5 Å². The smallest absolute Gasteiger partial charge is 0.339 e. The number of aryl methyl sites for hydroxylation is 1. The molecule has 176 valence electrons. The van der Waals surface area contributed by atoms with Crippen molar-refractivity contribution in [1.82, 2.24) is 0 Å². The van der Waals surface area contributed by atoms with Crippen molar-refractivity contribution >= 4 is 41.1 Å². The molecule has 0 fully saturated rings. The second kappa shape index (κ2) is 11.5. The number of rotatable bonds is 8. The number of ether oxygens (including phenoxy) is 1. The van der Waals surface area contributed by atoms with E-state index < -0.39 is 18.5 Å². The third-order valence-electron chi connectivity index (χ3n) is 4.83. The predicted molar refractivity (Wildman–Crippen MR) is 129 cm³/mol. The number of thioether (sulfide) groups is 1. The minimum Gasteiger partial charge on any atom is -0.452 e. The molecule has 0 saturated heterocycles. The average molecular weight is 489 g/mol. The zero-order valence-electron chi connectivity index (χ0n) is 18.9. The van der Waals surface area contributed by atoms with E-state index >= 15 is 0 Å². The monoisotopic (exact) mass is 488 g/mol. The zero-order chi connectivity index (χ0) is 25.4. The summed E-state index contributed by atoms with van der Waals surface area (Å²) in [6.07, 6.45) is 0. The summed E-state index contributed by atoms with van der Waals surface area (Å²) in [5.74, 6) is -1.20. The molecule has 1 heterocycles. The van der Waals surface area contributed by atoms with Gasteiger partial charge < -0.3 is 14.5 Å². The molecule has 0 aliphatic rings. The van der Waals surface area contributed by atoms with Crippen LogP contribution in [0.15, 0.2) is 57.8 Å². The number of furan rings is 1. The molecule has 3 rings (SSSR count). The van der Waals surface area contributed by atoms with E-state index in [1.165, 1.54) is 6.07 Å². The van der Waals surface area contributed by atoms with Crippen molar-refractivity contribution in [3.8, 4) is 12.1 Å². The summed E-state index contributed by atoms with van der Waals surface area (Å²) in [6, 6.07) is 17.0. The molecule has 9 nitrogen and oxygen atoms in total. The van der Waals surface area contributed by atoms with Gasteiger partial charge in [0.2, 0.25) is 11.8 Å². The molecular formula is C25H20N4O5S. The van der Waals surface area contributed by atoms with Crippen LogP contribution in [0.5, 0.6) is 0 Å². The highest BCUT2D eigenvalue weighted by Gasteiger charge is 2.19. The minimum absolute atomic E-state index is 0.00539. The van der Waals surface area contributed by atoms with E-state index in [9.17, 15) is 19.6 Å². The number of anilines is 2. The zero-order valence-corrected chi connectivity index (χ0v) is 19.7. The second-order valence-corrected chi connectivity index (χ2v) is 8.27. The number of hydrogen-bond donors (Lipinski definition) is 2. The number of carbonyl (C=O) groups excluding carboxylic acids is 3. The molecule has 1 aromatic heterocycles. The van der Waals surface area contributed by atoms with Crippen molar-refractivity contribution in [3.05, 3.63) is 76.5 Å². The van der Waals surface area contributed by atoms with Gasteiger partial charge in [0.25, 0.3) is 5.91 Å². The first-order chi connectivity index (χ1) is 16.8. The number of nitrogens with zero attached hydrogens (tertiary/aromatic N) is 2. The van der Waals surface area contributed by atoms with Crippen LogP contribution >= 0.6 is 11.8 Å². The van der Waals surface area contributed by atoms with Gasteiger partial charge in [-0.05, 0) is 44.2 Å². The van der Waals surface area contributed by atoms with E-state index in [0.717, 1.165) is 11.8 Å². The maximum absolute atomic E-state index is 12.6. The van der Waals surface area contributed by atoms with Crippen LogP contribution in [-0.4, -0.2) is 30.1 Å². The van der Waals surface area contributed by atoms with Crippen LogP contribution in [0.25, 0.3) is 0 Å². The molecule has 0 spiro atoms. The average Bonchev–Trinajstić information content (AvgIpc) is 3.13. The van der Waals surface area contributed by atoms with Crippen molar-refractivity contribution in [3.63, 3.8) is 0 Å². The van der Waals surface area contributed by atoms with Gasteiger partial charge in [0.15, 0.2) is 6.61 Å². The molecule has 0 aliphatic heterocycles. The molecule has 0 radical (unpaired) electrons. The van der Waals surface area contributed by atoms with Gasteiger partial charge in [-0.25, -0.2) is 4.79 Å². The van der Waals surface area contributed by atoms with Crippen LogP contribution in [0.1, 0.15) is 32.8 Å². The van der Waals surface area contributed by atoms with Crippen LogP contribution in [-0.2, 0) is 14.3 Å². The molecule has 0 bridgehead atoms. The molecule has 2 N–H and O–H groups in total. The summed E-state index contributed by atoms with van der Waals surface area (Å²) in [5, 5.41) is 23.3. The summed E-state index contributed by atoms with van der Waals surface area (Å²) in [4.78, 5) is 37.6. The largest absolute Gasteiger partial charge is 0.452 e.